The molecule has 0 saturated heterocycles. The van der Waals surface area contributed by atoms with Gasteiger partial charge in [0.25, 0.3) is 0 Å². The lowest BCUT2D eigenvalue weighted by Gasteiger charge is -2.43. The minimum Gasteiger partial charge on any atom is -0.494 e. The highest BCUT2D eigenvalue weighted by atomic mass is 35.5. The number of carbonyl (C=O) groups excluding carboxylic acids is 2. The number of ketones is 1. The summed E-state index contributed by atoms with van der Waals surface area (Å²) in [6.45, 7) is 8.56. The molecule has 5 heteroatoms. The van der Waals surface area contributed by atoms with Gasteiger partial charge in [-0.3, -0.25) is 14.5 Å². The summed E-state index contributed by atoms with van der Waals surface area (Å²) in [5.41, 5.74) is 3.89. The van der Waals surface area contributed by atoms with E-state index in [-0.39, 0.29) is 29.4 Å². The third-order valence-corrected chi connectivity index (χ3v) is 6.56. The zero-order chi connectivity index (χ0) is 22.3. The van der Waals surface area contributed by atoms with Crippen LogP contribution >= 0.6 is 11.6 Å². The van der Waals surface area contributed by atoms with Crippen LogP contribution in [0.1, 0.15) is 57.1 Å². The average molecular weight is 438 g/mol. The Morgan fingerprint density at radius 1 is 1.13 bits per heavy atom. The van der Waals surface area contributed by atoms with Crippen molar-refractivity contribution in [3.05, 3.63) is 69.9 Å². The van der Waals surface area contributed by atoms with Crippen molar-refractivity contribution in [2.24, 2.45) is 5.41 Å². The minimum absolute atomic E-state index is 0.0273. The van der Waals surface area contributed by atoms with Gasteiger partial charge in [-0.2, -0.15) is 0 Å². The number of halogens is 1. The third-order valence-electron chi connectivity index (χ3n) is 6.15. The molecule has 0 aromatic heterocycles. The van der Waals surface area contributed by atoms with Gasteiger partial charge in [-0.15, -0.1) is 0 Å². The molecule has 1 unspecified atom stereocenters. The standard InChI is InChI=1S/C26H28ClNO3/c1-5-31-23-9-7-6-8-18(23)19-13-24(30)28(17-11-10-16(2)20(27)12-17)21-14-26(3,4)15-22(29)25(19)21/h6-12,19H,5,13-15H2,1-4H3. The van der Waals surface area contributed by atoms with E-state index in [2.05, 4.69) is 13.8 Å². The summed E-state index contributed by atoms with van der Waals surface area (Å²) in [7, 11) is 0. The molecular formula is C26H28ClNO3. The summed E-state index contributed by atoms with van der Waals surface area (Å²) < 4.78 is 5.85. The summed E-state index contributed by atoms with van der Waals surface area (Å²) in [5.74, 6) is 0.517. The van der Waals surface area contributed by atoms with E-state index in [9.17, 15) is 9.59 Å². The molecule has 1 aliphatic heterocycles. The van der Waals surface area contributed by atoms with Crippen LogP contribution in [0.3, 0.4) is 0 Å². The maximum Gasteiger partial charge on any atom is 0.232 e. The van der Waals surface area contributed by atoms with Gasteiger partial charge in [0.1, 0.15) is 5.75 Å². The van der Waals surface area contributed by atoms with E-state index in [1.807, 2.05) is 56.3 Å². The molecule has 4 rings (SSSR count). The van der Waals surface area contributed by atoms with Crippen LogP contribution in [-0.4, -0.2) is 18.3 Å². The molecule has 2 aromatic rings. The number of para-hydroxylation sites is 1. The van der Waals surface area contributed by atoms with Crippen LogP contribution in [0.5, 0.6) is 5.75 Å². The molecular weight excluding hydrogens is 410 g/mol. The summed E-state index contributed by atoms with van der Waals surface area (Å²) in [6, 6.07) is 13.4. The van der Waals surface area contributed by atoms with Gasteiger partial charge in [-0.25, -0.2) is 0 Å². The normalized spacial score (nSPS) is 20.7. The van der Waals surface area contributed by atoms with Gasteiger partial charge in [0.2, 0.25) is 5.91 Å². The minimum atomic E-state index is -0.300. The van der Waals surface area contributed by atoms with E-state index in [0.29, 0.717) is 24.5 Å². The second kappa shape index (κ2) is 8.16. The predicted molar refractivity (Wildman–Crippen MR) is 124 cm³/mol. The molecule has 31 heavy (non-hydrogen) atoms. The predicted octanol–water partition coefficient (Wildman–Crippen LogP) is 6.21. The van der Waals surface area contributed by atoms with Crippen LogP contribution in [0.15, 0.2) is 53.7 Å². The van der Waals surface area contributed by atoms with Crippen molar-refractivity contribution >= 4 is 29.0 Å². The van der Waals surface area contributed by atoms with Crippen molar-refractivity contribution in [1.29, 1.82) is 0 Å². The topological polar surface area (TPSA) is 46.6 Å². The number of aryl methyl sites for hydroxylation is 1. The Kier molecular flexibility index (Phi) is 5.69. The second-order valence-corrected chi connectivity index (χ2v) is 9.60. The van der Waals surface area contributed by atoms with Gasteiger partial charge in [0, 0.05) is 40.6 Å². The van der Waals surface area contributed by atoms with Crippen LogP contribution in [0.25, 0.3) is 0 Å². The van der Waals surface area contributed by atoms with E-state index in [1.54, 1.807) is 4.90 Å². The van der Waals surface area contributed by atoms with Crippen LogP contribution in [0, 0.1) is 12.3 Å². The first-order chi connectivity index (χ1) is 14.7. The van der Waals surface area contributed by atoms with Gasteiger partial charge in [0.15, 0.2) is 5.78 Å². The number of hydrogen-bond donors (Lipinski definition) is 0. The van der Waals surface area contributed by atoms with Crippen molar-refractivity contribution < 1.29 is 14.3 Å². The Morgan fingerprint density at radius 3 is 2.58 bits per heavy atom. The maximum absolute atomic E-state index is 13.5. The van der Waals surface area contributed by atoms with Gasteiger partial charge in [0.05, 0.1) is 12.3 Å². The molecule has 0 N–H and O–H groups in total. The number of ether oxygens (including phenoxy) is 1. The summed E-state index contributed by atoms with van der Waals surface area (Å²) in [5, 5.41) is 0.609. The average Bonchev–Trinajstić information content (AvgIpc) is 2.69. The number of nitrogens with zero attached hydrogens (tertiary/aromatic N) is 1. The lowest BCUT2D eigenvalue weighted by Crippen LogP contribution is -2.43. The second-order valence-electron chi connectivity index (χ2n) is 9.19. The maximum atomic E-state index is 13.5. The quantitative estimate of drug-likeness (QED) is 0.571. The zero-order valence-corrected chi connectivity index (χ0v) is 19.3. The first-order valence-corrected chi connectivity index (χ1v) is 11.2. The van der Waals surface area contributed by atoms with Crippen LogP contribution < -0.4 is 9.64 Å². The Hall–Kier alpha value is -2.59. The van der Waals surface area contributed by atoms with Crippen molar-refractivity contribution in [1.82, 2.24) is 0 Å². The molecule has 1 atom stereocenters. The Labute approximate surface area is 188 Å². The molecule has 162 valence electrons. The Bertz CT molecular complexity index is 1090. The van der Waals surface area contributed by atoms with Gasteiger partial charge < -0.3 is 4.74 Å². The third kappa shape index (κ3) is 4.01. The molecule has 2 aromatic carbocycles. The molecule has 0 saturated carbocycles. The lowest BCUT2D eigenvalue weighted by atomic mass is 9.69. The Balaban J connectivity index is 1.91. The highest BCUT2D eigenvalue weighted by molar-refractivity contribution is 6.31. The van der Waals surface area contributed by atoms with Crippen molar-refractivity contribution in [2.75, 3.05) is 11.5 Å². The molecule has 0 bridgehead atoms. The van der Waals surface area contributed by atoms with Crippen molar-refractivity contribution in [2.45, 2.75) is 52.9 Å². The van der Waals surface area contributed by atoms with Crippen LogP contribution in [-0.2, 0) is 9.59 Å². The SMILES string of the molecule is CCOc1ccccc1C1CC(=O)N(c2ccc(C)c(Cl)c2)C2=C1C(=O)CC(C)(C)C2. The smallest absolute Gasteiger partial charge is 0.232 e. The number of anilines is 1. The Morgan fingerprint density at radius 2 is 1.87 bits per heavy atom. The fourth-order valence-corrected chi connectivity index (χ4v) is 4.93. The molecule has 0 spiro atoms. The fourth-order valence-electron chi connectivity index (χ4n) is 4.76. The number of allylic oxidation sites excluding steroid dienone is 2. The molecule has 4 nitrogen and oxygen atoms in total. The molecule has 1 heterocycles. The van der Waals surface area contributed by atoms with Gasteiger partial charge in [-0.1, -0.05) is 49.7 Å². The van der Waals surface area contributed by atoms with Crippen LogP contribution in [0.2, 0.25) is 5.02 Å². The largest absolute Gasteiger partial charge is 0.494 e. The van der Waals surface area contributed by atoms with Crippen molar-refractivity contribution in [3.63, 3.8) is 0 Å². The van der Waals surface area contributed by atoms with E-state index < -0.39 is 0 Å². The molecule has 0 radical (unpaired) electrons. The highest BCUT2D eigenvalue weighted by Crippen LogP contribution is 2.49. The molecule has 1 amide bonds. The van der Waals surface area contributed by atoms with Gasteiger partial charge in [-0.05, 0) is 49.4 Å². The zero-order valence-electron chi connectivity index (χ0n) is 18.5. The highest BCUT2D eigenvalue weighted by Gasteiger charge is 2.45. The van der Waals surface area contributed by atoms with E-state index in [0.717, 1.165) is 33.8 Å². The fraction of sp³-hybridized carbons (Fsp3) is 0.385. The lowest BCUT2D eigenvalue weighted by molar-refractivity contribution is -0.121. The van der Waals surface area contributed by atoms with Gasteiger partial charge >= 0.3 is 0 Å². The van der Waals surface area contributed by atoms with E-state index in [4.69, 9.17) is 16.3 Å². The summed E-state index contributed by atoms with van der Waals surface area (Å²) >= 11 is 6.38. The number of amides is 1. The summed E-state index contributed by atoms with van der Waals surface area (Å²) in [4.78, 5) is 28.7. The van der Waals surface area contributed by atoms with Crippen LogP contribution in [0.4, 0.5) is 5.69 Å². The number of carbonyl (C=O) groups is 2. The monoisotopic (exact) mass is 437 g/mol. The number of hydrogen-bond acceptors (Lipinski definition) is 3. The first-order valence-electron chi connectivity index (χ1n) is 10.8. The van der Waals surface area contributed by atoms with E-state index in [1.165, 1.54) is 0 Å². The van der Waals surface area contributed by atoms with Crippen molar-refractivity contribution in [3.8, 4) is 5.75 Å². The molecule has 0 fully saturated rings. The van der Waals surface area contributed by atoms with E-state index >= 15 is 0 Å². The molecule has 2 aliphatic rings. The number of Topliss-reactive ketones (excluding diaryl/α,β-unsaturated/α-hetero) is 1. The molecule has 1 aliphatic carbocycles. The first kappa shape index (κ1) is 21.6. The number of benzene rings is 2. The summed E-state index contributed by atoms with van der Waals surface area (Å²) in [6.07, 6.45) is 1.34. The number of rotatable bonds is 4.